The fourth-order valence-corrected chi connectivity index (χ4v) is 8.38. The minimum absolute atomic E-state index is 0.0911. The van der Waals surface area contributed by atoms with Gasteiger partial charge in [0.2, 0.25) is 0 Å². The van der Waals surface area contributed by atoms with Crippen molar-refractivity contribution in [1.29, 1.82) is 0 Å². The summed E-state index contributed by atoms with van der Waals surface area (Å²) in [7, 11) is -3.10. The summed E-state index contributed by atoms with van der Waals surface area (Å²) >= 11 is 1.42. The van der Waals surface area contributed by atoms with Gasteiger partial charge >= 0.3 is 0 Å². The van der Waals surface area contributed by atoms with Gasteiger partial charge in [-0.2, -0.15) is 4.99 Å². The predicted octanol–water partition coefficient (Wildman–Crippen LogP) is 3.69. The molecular weight excluding hydrogens is 442 g/mol. The number of nitrogens with zero attached hydrogens (tertiary/aromatic N) is 3. The normalized spacial score (nSPS) is 22.8. The second-order valence-electron chi connectivity index (χ2n) is 8.26. The van der Waals surface area contributed by atoms with Crippen molar-refractivity contribution in [2.24, 2.45) is 4.99 Å². The number of amidine groups is 1. The Kier molecular flexibility index (Phi) is 6.62. The molecule has 0 unspecified atom stereocenters. The van der Waals surface area contributed by atoms with Crippen molar-refractivity contribution < 1.29 is 13.2 Å². The van der Waals surface area contributed by atoms with Gasteiger partial charge in [0.15, 0.2) is 15.0 Å². The quantitative estimate of drug-likeness (QED) is 0.640. The van der Waals surface area contributed by atoms with Gasteiger partial charge in [-0.1, -0.05) is 42.1 Å². The summed E-state index contributed by atoms with van der Waals surface area (Å²) in [6.07, 6.45) is 0.228. The third kappa shape index (κ3) is 4.71. The van der Waals surface area contributed by atoms with Crippen LogP contribution in [0.5, 0.6) is 0 Å². The Hall–Kier alpha value is -2.32. The van der Waals surface area contributed by atoms with E-state index in [0.29, 0.717) is 5.17 Å². The van der Waals surface area contributed by atoms with Crippen molar-refractivity contribution in [3.63, 3.8) is 0 Å². The maximum Gasteiger partial charge on any atom is 0.252 e. The van der Waals surface area contributed by atoms with E-state index in [1.807, 2.05) is 48.2 Å². The van der Waals surface area contributed by atoms with Crippen molar-refractivity contribution in [2.45, 2.75) is 38.5 Å². The lowest BCUT2D eigenvalue weighted by Gasteiger charge is -2.28. The number of carbonyl (C=O) groups excluding carboxylic acids is 1. The summed E-state index contributed by atoms with van der Waals surface area (Å²) in [5.74, 6) is -0.00120. The van der Waals surface area contributed by atoms with Gasteiger partial charge in [-0.3, -0.25) is 4.79 Å². The van der Waals surface area contributed by atoms with E-state index in [-0.39, 0.29) is 35.1 Å². The van der Waals surface area contributed by atoms with Crippen LogP contribution < -0.4 is 9.80 Å². The standard InChI is InChI=1S/C24H29N3O3S2/c1-4-26(5-2)19-11-12-20(17(3)13-19)27-21-15-32(29,30)16-22(21)31-24(27)25-23(28)14-18-9-7-6-8-10-18/h6-13,21-22H,4-5,14-16H2,1-3H3/t21-,22-/m0/s1. The lowest BCUT2D eigenvalue weighted by atomic mass is 10.1. The number of thioether (sulfide) groups is 1. The van der Waals surface area contributed by atoms with E-state index in [4.69, 9.17) is 0 Å². The van der Waals surface area contributed by atoms with E-state index >= 15 is 0 Å². The van der Waals surface area contributed by atoms with Crippen LogP contribution in [0.1, 0.15) is 25.0 Å². The molecule has 2 atom stereocenters. The smallest absolute Gasteiger partial charge is 0.252 e. The molecule has 0 aromatic heterocycles. The molecule has 2 fully saturated rings. The molecular formula is C24H29N3O3S2. The van der Waals surface area contributed by atoms with Gasteiger partial charge in [0.1, 0.15) is 0 Å². The monoisotopic (exact) mass is 471 g/mol. The van der Waals surface area contributed by atoms with Crippen LogP contribution >= 0.6 is 11.8 Å². The predicted molar refractivity (Wildman–Crippen MR) is 134 cm³/mol. The van der Waals surface area contributed by atoms with E-state index < -0.39 is 9.84 Å². The first kappa shape index (κ1) is 22.9. The lowest BCUT2D eigenvalue weighted by Crippen LogP contribution is -2.38. The molecule has 0 saturated carbocycles. The number of hydrogen-bond donors (Lipinski definition) is 0. The number of benzene rings is 2. The molecule has 1 amide bonds. The molecule has 0 aliphatic carbocycles. The highest BCUT2D eigenvalue weighted by Gasteiger charge is 2.49. The zero-order valence-corrected chi connectivity index (χ0v) is 20.3. The molecule has 2 saturated heterocycles. The molecule has 170 valence electrons. The number of aryl methyl sites for hydroxylation is 1. The Morgan fingerprint density at radius 2 is 1.84 bits per heavy atom. The second-order valence-corrected chi connectivity index (χ2v) is 11.6. The average Bonchev–Trinajstić information content (AvgIpc) is 3.21. The van der Waals surface area contributed by atoms with Gasteiger partial charge in [0.05, 0.1) is 24.0 Å². The highest BCUT2D eigenvalue weighted by molar-refractivity contribution is 8.16. The SMILES string of the molecule is CCN(CC)c1ccc(N2C(=NC(=O)Cc3ccccc3)S[C@H]3CS(=O)(=O)C[C@@H]32)c(C)c1. The maximum absolute atomic E-state index is 12.7. The third-order valence-corrected chi connectivity index (χ3v) is 9.26. The molecule has 2 aliphatic rings. The van der Waals surface area contributed by atoms with Crippen LogP contribution in [0.4, 0.5) is 11.4 Å². The molecule has 2 heterocycles. The molecule has 2 aromatic rings. The highest BCUT2D eigenvalue weighted by Crippen LogP contribution is 2.42. The Balaban J connectivity index is 1.68. The van der Waals surface area contributed by atoms with Gasteiger partial charge in [-0.15, -0.1) is 0 Å². The van der Waals surface area contributed by atoms with Crippen LogP contribution in [0.2, 0.25) is 0 Å². The molecule has 32 heavy (non-hydrogen) atoms. The van der Waals surface area contributed by atoms with Crippen molar-refractivity contribution in [3.05, 3.63) is 59.7 Å². The Morgan fingerprint density at radius 1 is 1.12 bits per heavy atom. The number of amides is 1. The van der Waals surface area contributed by atoms with Crippen LogP contribution in [0.15, 0.2) is 53.5 Å². The zero-order valence-electron chi connectivity index (χ0n) is 18.7. The lowest BCUT2D eigenvalue weighted by molar-refractivity contribution is -0.117. The fraction of sp³-hybridized carbons (Fsp3) is 0.417. The molecule has 4 rings (SSSR count). The summed E-state index contributed by atoms with van der Waals surface area (Å²) in [6, 6.07) is 15.6. The van der Waals surface area contributed by atoms with E-state index in [0.717, 1.165) is 35.6 Å². The summed E-state index contributed by atoms with van der Waals surface area (Å²) in [4.78, 5) is 21.5. The van der Waals surface area contributed by atoms with Crippen LogP contribution in [0.3, 0.4) is 0 Å². The molecule has 0 bridgehead atoms. The first-order valence-electron chi connectivity index (χ1n) is 11.0. The molecule has 8 heteroatoms. The molecule has 0 N–H and O–H groups in total. The summed E-state index contributed by atoms with van der Waals surface area (Å²) in [5.41, 5.74) is 4.02. The van der Waals surface area contributed by atoms with Crippen LogP contribution in [-0.4, -0.2) is 55.4 Å². The Morgan fingerprint density at radius 3 is 2.50 bits per heavy atom. The molecule has 2 aliphatic heterocycles. The van der Waals surface area contributed by atoms with Gasteiger partial charge in [0, 0.05) is 29.7 Å². The summed E-state index contributed by atoms with van der Waals surface area (Å²) in [6.45, 7) is 8.12. The third-order valence-electron chi connectivity index (χ3n) is 6.05. The first-order chi connectivity index (χ1) is 15.3. The van der Waals surface area contributed by atoms with Crippen molar-refractivity contribution >= 4 is 44.0 Å². The number of fused-ring (bicyclic) bond motifs is 1. The minimum Gasteiger partial charge on any atom is -0.372 e. The van der Waals surface area contributed by atoms with Crippen molar-refractivity contribution in [1.82, 2.24) is 0 Å². The summed E-state index contributed by atoms with van der Waals surface area (Å²) in [5, 5.41) is 0.500. The fourth-order valence-electron chi connectivity index (χ4n) is 4.46. The highest BCUT2D eigenvalue weighted by atomic mass is 32.2. The number of carbonyl (C=O) groups is 1. The summed E-state index contributed by atoms with van der Waals surface area (Å²) < 4.78 is 24.7. The Labute approximate surface area is 194 Å². The molecule has 0 radical (unpaired) electrons. The molecule has 6 nitrogen and oxygen atoms in total. The number of rotatable bonds is 6. The number of sulfone groups is 1. The van der Waals surface area contributed by atoms with Crippen LogP contribution in [0.25, 0.3) is 0 Å². The topological polar surface area (TPSA) is 70.0 Å². The zero-order chi connectivity index (χ0) is 22.9. The van der Waals surface area contributed by atoms with E-state index in [1.54, 1.807) is 0 Å². The first-order valence-corrected chi connectivity index (χ1v) is 13.7. The van der Waals surface area contributed by atoms with E-state index in [9.17, 15) is 13.2 Å². The van der Waals surface area contributed by atoms with E-state index in [2.05, 4.69) is 35.9 Å². The van der Waals surface area contributed by atoms with Gasteiger partial charge in [-0.25, -0.2) is 8.42 Å². The van der Waals surface area contributed by atoms with Crippen molar-refractivity contribution in [2.75, 3.05) is 34.4 Å². The average molecular weight is 472 g/mol. The minimum atomic E-state index is -3.10. The second kappa shape index (κ2) is 9.27. The number of hydrogen-bond acceptors (Lipinski definition) is 5. The number of aliphatic imine (C=N–C) groups is 1. The Bertz CT molecular complexity index is 1130. The number of anilines is 2. The molecule has 2 aromatic carbocycles. The maximum atomic E-state index is 12.7. The van der Waals surface area contributed by atoms with Crippen molar-refractivity contribution in [3.8, 4) is 0 Å². The van der Waals surface area contributed by atoms with Gasteiger partial charge in [0.25, 0.3) is 5.91 Å². The van der Waals surface area contributed by atoms with Gasteiger partial charge in [-0.05, 0) is 50.1 Å². The van der Waals surface area contributed by atoms with Crippen LogP contribution in [0, 0.1) is 6.92 Å². The largest absolute Gasteiger partial charge is 0.372 e. The van der Waals surface area contributed by atoms with Crippen LogP contribution in [-0.2, 0) is 21.1 Å². The molecule has 0 spiro atoms. The van der Waals surface area contributed by atoms with Gasteiger partial charge < -0.3 is 9.80 Å². The van der Waals surface area contributed by atoms with E-state index in [1.165, 1.54) is 11.8 Å².